The maximum atomic E-state index is 13.8. The van der Waals surface area contributed by atoms with Crippen LogP contribution in [0.1, 0.15) is 68.4 Å². The van der Waals surface area contributed by atoms with Gasteiger partial charge in [-0.3, -0.25) is 34.2 Å². The number of amides is 5. The Kier molecular flexibility index (Phi) is 9.32. The van der Waals surface area contributed by atoms with Crippen molar-refractivity contribution in [1.29, 1.82) is 0 Å². The number of piperidine rings is 2. The highest BCUT2D eigenvalue weighted by molar-refractivity contribution is 6.23. The number of fused-ring (bicyclic) bond motifs is 2. The Balaban J connectivity index is 0.860. The number of nitrogens with one attached hydrogen (secondary N) is 2. The Bertz CT molecular complexity index is 2610. The average molecular weight is 776 g/mol. The number of nitrogens with two attached hydrogens (primary N) is 1. The average Bonchev–Trinajstić information content (AvgIpc) is 3.76. The summed E-state index contributed by atoms with van der Waals surface area (Å²) in [5.74, 6) is -0.546. The second-order valence-corrected chi connectivity index (χ2v) is 14.5. The van der Waals surface area contributed by atoms with E-state index in [-0.39, 0.29) is 35.9 Å². The summed E-state index contributed by atoms with van der Waals surface area (Å²) in [5.41, 5.74) is 11.0. The zero-order valence-corrected chi connectivity index (χ0v) is 31.1. The van der Waals surface area contributed by atoms with Gasteiger partial charge in [-0.1, -0.05) is 30.3 Å². The molecule has 0 saturated carbocycles. The fraction of sp³-hybridized carbons (Fsp3) is 0.209. The van der Waals surface area contributed by atoms with Crippen molar-refractivity contribution in [2.45, 2.75) is 44.3 Å². The lowest BCUT2D eigenvalue weighted by Crippen LogP contribution is -2.54. The SMILES string of the molecule is Nc1ncnc2c1c(-c1ccc(Oc3ccccc3)cc1)nn2[C@@H]1CCCN(C(=O)c2ccc(CNc3ccc4c(c3)C(=O)N(C3CCC(=O)NC3=O)C4=O)cc2)C1. The first-order valence-electron chi connectivity index (χ1n) is 19.0. The highest BCUT2D eigenvalue weighted by Crippen LogP contribution is 2.35. The van der Waals surface area contributed by atoms with Gasteiger partial charge in [0.15, 0.2) is 5.65 Å². The van der Waals surface area contributed by atoms with E-state index >= 15 is 0 Å². The summed E-state index contributed by atoms with van der Waals surface area (Å²) < 4.78 is 7.85. The van der Waals surface area contributed by atoms with Gasteiger partial charge in [0.05, 0.1) is 22.6 Å². The van der Waals surface area contributed by atoms with Gasteiger partial charge in [0, 0.05) is 42.9 Å². The predicted molar refractivity (Wildman–Crippen MR) is 213 cm³/mol. The van der Waals surface area contributed by atoms with Crippen LogP contribution in [0.25, 0.3) is 22.3 Å². The molecule has 4 aromatic carbocycles. The zero-order valence-electron chi connectivity index (χ0n) is 31.1. The minimum atomic E-state index is -1.03. The van der Waals surface area contributed by atoms with E-state index in [2.05, 4.69) is 20.6 Å². The van der Waals surface area contributed by atoms with Gasteiger partial charge in [-0.15, -0.1) is 0 Å². The largest absolute Gasteiger partial charge is 0.457 e. The number of rotatable bonds is 9. The minimum Gasteiger partial charge on any atom is -0.457 e. The van der Waals surface area contributed by atoms with Crippen LogP contribution in [0.4, 0.5) is 11.5 Å². The van der Waals surface area contributed by atoms with Crippen LogP contribution in [0.3, 0.4) is 0 Å². The van der Waals surface area contributed by atoms with Crippen molar-refractivity contribution in [3.63, 3.8) is 0 Å². The first-order chi connectivity index (χ1) is 28.2. The molecule has 1 unspecified atom stereocenters. The molecule has 15 nitrogen and oxygen atoms in total. The molecule has 0 radical (unpaired) electrons. The first-order valence-corrected chi connectivity index (χ1v) is 19.0. The molecule has 0 bridgehead atoms. The monoisotopic (exact) mass is 775 g/mol. The molecule has 2 fully saturated rings. The highest BCUT2D eigenvalue weighted by atomic mass is 16.5. The normalized spacial score (nSPS) is 18.0. The molecule has 6 aromatic rings. The number of carbonyl (C=O) groups is 5. The summed E-state index contributed by atoms with van der Waals surface area (Å²) in [6, 6.07) is 28.2. The highest BCUT2D eigenvalue weighted by Gasteiger charge is 2.44. The van der Waals surface area contributed by atoms with Crippen LogP contribution in [-0.4, -0.2) is 78.2 Å². The Morgan fingerprint density at radius 1 is 0.862 bits per heavy atom. The standard InChI is InChI=1S/C43H37N9O6/c44-38-36-37(26-12-15-31(16-13-26)58-30-6-2-1-3-7-30)49-52(39(36)47-24-46-38)29-5-4-20-50(23-29)41(55)27-10-8-25(9-11-27)22-45-28-14-17-32-33(21-28)43(57)51(42(32)56)34-18-19-35(53)48-40(34)54/h1-3,6-17,21,24,29,34,45H,4-5,18-20,22-23H2,(H2,44,46,47)(H,48,53,54)/t29-,34?/m1/s1. The van der Waals surface area contributed by atoms with Crippen LogP contribution in [0.15, 0.2) is 103 Å². The minimum absolute atomic E-state index is 0.0538. The number of aromatic nitrogens is 4. The van der Waals surface area contributed by atoms with Gasteiger partial charge in [0.2, 0.25) is 11.8 Å². The van der Waals surface area contributed by atoms with Crippen molar-refractivity contribution in [3.8, 4) is 22.8 Å². The maximum absolute atomic E-state index is 13.8. The smallest absolute Gasteiger partial charge is 0.262 e. The van der Waals surface area contributed by atoms with Crippen molar-refractivity contribution in [1.82, 2.24) is 34.9 Å². The summed E-state index contributed by atoms with van der Waals surface area (Å²) >= 11 is 0. The quantitative estimate of drug-likeness (QED) is 0.160. The van der Waals surface area contributed by atoms with Crippen LogP contribution in [0, 0.1) is 0 Å². The maximum Gasteiger partial charge on any atom is 0.262 e. The Hall–Kier alpha value is -7.42. The van der Waals surface area contributed by atoms with E-state index in [0.29, 0.717) is 59.2 Å². The van der Waals surface area contributed by atoms with Crippen molar-refractivity contribution in [2.75, 3.05) is 24.1 Å². The number of anilines is 2. The number of para-hydroxylation sites is 1. The molecule has 0 aliphatic carbocycles. The van der Waals surface area contributed by atoms with E-state index in [1.54, 1.807) is 30.3 Å². The number of hydrogen-bond donors (Lipinski definition) is 3. The lowest BCUT2D eigenvalue weighted by atomic mass is 10.0. The number of carbonyl (C=O) groups excluding carboxylic acids is 5. The molecule has 58 heavy (non-hydrogen) atoms. The summed E-state index contributed by atoms with van der Waals surface area (Å²) in [4.78, 5) is 75.8. The molecule has 290 valence electrons. The summed E-state index contributed by atoms with van der Waals surface area (Å²) in [5, 5.41) is 11.2. The molecule has 5 amide bonds. The van der Waals surface area contributed by atoms with Crippen LogP contribution >= 0.6 is 0 Å². The third-order valence-corrected chi connectivity index (χ3v) is 10.8. The number of hydrogen-bond acceptors (Lipinski definition) is 11. The Morgan fingerprint density at radius 3 is 2.40 bits per heavy atom. The number of nitrogen functional groups attached to an aromatic ring is 1. The van der Waals surface area contributed by atoms with Crippen molar-refractivity contribution < 1.29 is 28.7 Å². The lowest BCUT2D eigenvalue weighted by Gasteiger charge is -2.33. The number of ether oxygens (including phenoxy) is 1. The number of nitrogens with zero attached hydrogens (tertiary/aromatic N) is 6. The van der Waals surface area contributed by atoms with Gasteiger partial charge < -0.3 is 20.7 Å². The molecule has 15 heteroatoms. The Morgan fingerprint density at radius 2 is 1.62 bits per heavy atom. The predicted octanol–water partition coefficient (Wildman–Crippen LogP) is 5.36. The topological polar surface area (TPSA) is 195 Å². The number of likely N-dealkylation sites (tertiary alicyclic amines) is 1. The fourth-order valence-corrected chi connectivity index (χ4v) is 7.83. The van der Waals surface area contributed by atoms with E-state index in [0.717, 1.165) is 34.6 Å². The summed E-state index contributed by atoms with van der Waals surface area (Å²) in [6.07, 6.45) is 3.16. The number of benzene rings is 4. The zero-order chi connectivity index (χ0) is 39.9. The molecular formula is C43H37N9O6. The molecule has 0 spiro atoms. The van der Waals surface area contributed by atoms with Crippen LogP contribution < -0.4 is 21.1 Å². The van der Waals surface area contributed by atoms with Gasteiger partial charge in [0.1, 0.15) is 35.4 Å². The molecule has 9 rings (SSSR count). The van der Waals surface area contributed by atoms with E-state index in [9.17, 15) is 24.0 Å². The summed E-state index contributed by atoms with van der Waals surface area (Å²) in [7, 11) is 0. The van der Waals surface area contributed by atoms with Gasteiger partial charge >= 0.3 is 0 Å². The van der Waals surface area contributed by atoms with E-state index in [1.807, 2.05) is 76.3 Å². The fourth-order valence-electron chi connectivity index (χ4n) is 7.83. The first kappa shape index (κ1) is 36.2. The molecular weight excluding hydrogens is 739 g/mol. The number of imide groups is 2. The van der Waals surface area contributed by atoms with Gasteiger partial charge in [-0.25, -0.2) is 14.6 Å². The van der Waals surface area contributed by atoms with Crippen molar-refractivity contribution in [3.05, 3.63) is 126 Å². The van der Waals surface area contributed by atoms with Crippen molar-refractivity contribution >= 4 is 52.1 Å². The second kappa shape index (κ2) is 14.9. The van der Waals surface area contributed by atoms with E-state index in [1.165, 1.54) is 6.33 Å². The van der Waals surface area contributed by atoms with Gasteiger partial charge in [0.25, 0.3) is 17.7 Å². The van der Waals surface area contributed by atoms with E-state index in [4.69, 9.17) is 15.6 Å². The van der Waals surface area contributed by atoms with Crippen LogP contribution in [0.5, 0.6) is 11.5 Å². The molecule has 3 aliphatic heterocycles. The molecule has 3 aliphatic rings. The van der Waals surface area contributed by atoms with Crippen molar-refractivity contribution in [2.24, 2.45) is 0 Å². The third-order valence-electron chi connectivity index (χ3n) is 10.8. The van der Waals surface area contributed by atoms with Gasteiger partial charge in [-0.2, -0.15) is 5.10 Å². The molecule has 4 N–H and O–H groups in total. The molecule has 2 aromatic heterocycles. The lowest BCUT2D eigenvalue weighted by molar-refractivity contribution is -0.136. The summed E-state index contributed by atoms with van der Waals surface area (Å²) in [6.45, 7) is 1.43. The molecule has 5 heterocycles. The van der Waals surface area contributed by atoms with Gasteiger partial charge in [-0.05, 0) is 91.6 Å². The molecule has 2 atom stereocenters. The second-order valence-electron chi connectivity index (χ2n) is 14.5. The Labute approximate surface area is 331 Å². The molecule has 2 saturated heterocycles. The van der Waals surface area contributed by atoms with E-state index < -0.39 is 29.7 Å². The van der Waals surface area contributed by atoms with Crippen LogP contribution in [-0.2, 0) is 16.1 Å². The third kappa shape index (κ3) is 6.76. The van der Waals surface area contributed by atoms with Crippen LogP contribution in [0.2, 0.25) is 0 Å².